The first-order valence-corrected chi connectivity index (χ1v) is 9.57. The van der Waals surface area contributed by atoms with Crippen LogP contribution in [0, 0.1) is 0 Å². The number of amides is 3. The van der Waals surface area contributed by atoms with Crippen molar-refractivity contribution in [2.24, 2.45) is 27.9 Å². The third kappa shape index (κ3) is 10.1. The van der Waals surface area contributed by atoms with Gasteiger partial charge in [0.15, 0.2) is 5.96 Å². The molecule has 0 aromatic heterocycles. The monoisotopic (exact) mass is 435 g/mol. The van der Waals surface area contributed by atoms with E-state index in [0.717, 1.165) is 0 Å². The SMILES string of the molecule is NC(=O)CC(NC(=O)C(N)CCCN=C(N)N)C(=O)NC(Cc1ccccc1)C(=O)O. The number of benzene rings is 1. The zero-order valence-corrected chi connectivity index (χ0v) is 17.0. The van der Waals surface area contributed by atoms with Crippen LogP contribution in [0.5, 0.6) is 0 Å². The molecule has 0 aliphatic heterocycles. The second kappa shape index (κ2) is 12.8. The normalized spacial score (nSPS) is 13.3. The van der Waals surface area contributed by atoms with E-state index in [1.54, 1.807) is 30.3 Å². The van der Waals surface area contributed by atoms with Crippen LogP contribution >= 0.6 is 0 Å². The van der Waals surface area contributed by atoms with E-state index in [0.29, 0.717) is 12.0 Å². The Kier molecular flexibility index (Phi) is 10.5. The molecule has 170 valence electrons. The molecule has 0 aliphatic rings. The molecule has 0 saturated heterocycles. The number of carbonyl (C=O) groups is 4. The lowest BCUT2D eigenvalue weighted by molar-refractivity contribution is -0.142. The maximum atomic E-state index is 12.6. The van der Waals surface area contributed by atoms with Gasteiger partial charge < -0.3 is 38.7 Å². The van der Waals surface area contributed by atoms with E-state index in [4.69, 9.17) is 22.9 Å². The lowest BCUT2D eigenvalue weighted by Crippen LogP contribution is -2.55. The molecule has 12 heteroatoms. The van der Waals surface area contributed by atoms with E-state index in [1.807, 2.05) is 0 Å². The lowest BCUT2D eigenvalue weighted by Gasteiger charge is -2.22. The smallest absolute Gasteiger partial charge is 0.326 e. The Morgan fingerprint density at radius 2 is 1.58 bits per heavy atom. The van der Waals surface area contributed by atoms with Crippen molar-refractivity contribution in [2.75, 3.05) is 6.54 Å². The first kappa shape index (κ1) is 25.4. The molecule has 1 rings (SSSR count). The highest BCUT2D eigenvalue weighted by Crippen LogP contribution is 2.05. The molecule has 1 aromatic rings. The molecule has 31 heavy (non-hydrogen) atoms. The quantitative estimate of drug-likeness (QED) is 0.0995. The molecule has 12 nitrogen and oxygen atoms in total. The summed E-state index contributed by atoms with van der Waals surface area (Å²) in [6, 6.07) is 5.05. The fraction of sp³-hybridized carbons (Fsp3) is 0.421. The Hall–Kier alpha value is -3.67. The molecule has 0 aliphatic carbocycles. The topological polar surface area (TPSA) is 229 Å². The molecular formula is C19H29N7O5. The molecule has 0 heterocycles. The van der Waals surface area contributed by atoms with Crippen LogP contribution in [0.15, 0.2) is 35.3 Å². The molecule has 3 unspecified atom stereocenters. The minimum Gasteiger partial charge on any atom is -0.480 e. The molecule has 3 amide bonds. The van der Waals surface area contributed by atoms with E-state index in [-0.39, 0.29) is 25.3 Å². The summed E-state index contributed by atoms with van der Waals surface area (Å²) >= 11 is 0. The molecular weight excluding hydrogens is 406 g/mol. The largest absolute Gasteiger partial charge is 0.480 e. The number of rotatable bonds is 13. The minimum atomic E-state index is -1.37. The van der Waals surface area contributed by atoms with E-state index in [9.17, 15) is 24.3 Å². The number of guanidine groups is 1. The number of nitrogens with zero attached hydrogens (tertiary/aromatic N) is 1. The number of carboxylic acids is 1. The average Bonchev–Trinajstić information content (AvgIpc) is 2.70. The van der Waals surface area contributed by atoms with Gasteiger partial charge in [-0.15, -0.1) is 0 Å². The second-order valence-electron chi connectivity index (χ2n) is 6.88. The van der Waals surface area contributed by atoms with Crippen LogP contribution in [0.25, 0.3) is 0 Å². The van der Waals surface area contributed by atoms with Gasteiger partial charge in [0.05, 0.1) is 12.5 Å². The molecule has 11 N–H and O–H groups in total. The second-order valence-corrected chi connectivity index (χ2v) is 6.88. The van der Waals surface area contributed by atoms with Gasteiger partial charge in [0, 0.05) is 13.0 Å². The van der Waals surface area contributed by atoms with Gasteiger partial charge in [0.25, 0.3) is 0 Å². The highest BCUT2D eigenvalue weighted by molar-refractivity contribution is 5.94. The van der Waals surface area contributed by atoms with Crippen molar-refractivity contribution < 1.29 is 24.3 Å². The standard InChI is InChI=1S/C19H29N7O5/c20-12(7-4-8-24-19(22)23)16(28)25-13(10-15(21)27)17(29)26-14(18(30)31)9-11-5-2-1-3-6-11/h1-3,5-6,12-14H,4,7-10,20H2,(H2,21,27)(H,25,28)(H,26,29)(H,30,31)(H4,22,23,24). The van der Waals surface area contributed by atoms with E-state index < -0.39 is 48.2 Å². The Morgan fingerprint density at radius 1 is 0.968 bits per heavy atom. The van der Waals surface area contributed by atoms with Gasteiger partial charge in [-0.2, -0.15) is 0 Å². The number of primary amides is 1. The van der Waals surface area contributed by atoms with Crippen LogP contribution in [0.4, 0.5) is 0 Å². The van der Waals surface area contributed by atoms with Crippen molar-refractivity contribution in [3.8, 4) is 0 Å². The summed E-state index contributed by atoms with van der Waals surface area (Å²) in [5.74, 6) is -3.75. The maximum Gasteiger partial charge on any atom is 0.326 e. The van der Waals surface area contributed by atoms with E-state index >= 15 is 0 Å². The predicted molar refractivity (Wildman–Crippen MR) is 113 cm³/mol. The van der Waals surface area contributed by atoms with Gasteiger partial charge in [-0.25, -0.2) is 4.79 Å². The number of aliphatic carboxylic acids is 1. The number of nitrogens with two attached hydrogens (primary N) is 4. The van der Waals surface area contributed by atoms with Crippen molar-refractivity contribution >= 4 is 29.7 Å². The van der Waals surface area contributed by atoms with Crippen molar-refractivity contribution in [1.82, 2.24) is 10.6 Å². The van der Waals surface area contributed by atoms with Crippen LogP contribution in [0.2, 0.25) is 0 Å². The fourth-order valence-electron chi connectivity index (χ4n) is 2.66. The molecule has 3 atom stereocenters. The van der Waals surface area contributed by atoms with Gasteiger partial charge in [-0.1, -0.05) is 30.3 Å². The number of carbonyl (C=O) groups excluding carboxylic acids is 3. The highest BCUT2D eigenvalue weighted by Gasteiger charge is 2.29. The Labute approximate surface area is 179 Å². The fourth-order valence-corrected chi connectivity index (χ4v) is 2.66. The minimum absolute atomic E-state index is 0.0173. The summed E-state index contributed by atoms with van der Waals surface area (Å²) in [5, 5.41) is 14.1. The Morgan fingerprint density at radius 3 is 2.13 bits per heavy atom. The van der Waals surface area contributed by atoms with Gasteiger partial charge in [-0.05, 0) is 18.4 Å². The van der Waals surface area contributed by atoms with Crippen LogP contribution in [-0.4, -0.2) is 59.4 Å². The van der Waals surface area contributed by atoms with Gasteiger partial charge >= 0.3 is 5.97 Å². The zero-order valence-electron chi connectivity index (χ0n) is 17.0. The third-order valence-corrected chi connectivity index (χ3v) is 4.24. The van der Waals surface area contributed by atoms with E-state index in [2.05, 4.69) is 15.6 Å². The first-order chi connectivity index (χ1) is 14.6. The van der Waals surface area contributed by atoms with Crippen molar-refractivity contribution in [2.45, 2.75) is 43.8 Å². The number of carboxylic acid groups (broad SMARTS) is 1. The van der Waals surface area contributed by atoms with Crippen LogP contribution in [0.3, 0.4) is 0 Å². The number of hydrogen-bond donors (Lipinski definition) is 7. The Bertz CT molecular complexity index is 796. The first-order valence-electron chi connectivity index (χ1n) is 9.57. The van der Waals surface area contributed by atoms with Gasteiger partial charge in [0.2, 0.25) is 17.7 Å². The van der Waals surface area contributed by atoms with Crippen molar-refractivity contribution in [3.63, 3.8) is 0 Å². The summed E-state index contributed by atoms with van der Waals surface area (Å²) in [6.07, 6.45) is 0.135. The molecule has 0 saturated carbocycles. The van der Waals surface area contributed by atoms with Crippen molar-refractivity contribution in [3.05, 3.63) is 35.9 Å². The lowest BCUT2D eigenvalue weighted by atomic mass is 10.0. The van der Waals surface area contributed by atoms with Gasteiger partial charge in [-0.3, -0.25) is 19.4 Å². The van der Waals surface area contributed by atoms with Crippen molar-refractivity contribution in [1.29, 1.82) is 0 Å². The summed E-state index contributed by atoms with van der Waals surface area (Å²) in [6.45, 7) is 0.272. The Balaban J connectivity index is 2.76. The molecule has 0 spiro atoms. The van der Waals surface area contributed by atoms with Crippen LogP contribution in [0.1, 0.15) is 24.8 Å². The highest BCUT2D eigenvalue weighted by atomic mass is 16.4. The van der Waals surface area contributed by atoms with Crippen LogP contribution in [-0.2, 0) is 25.6 Å². The molecule has 0 bridgehead atoms. The summed E-state index contributed by atoms with van der Waals surface area (Å²) in [7, 11) is 0. The molecule has 1 aromatic carbocycles. The molecule has 0 fully saturated rings. The molecule has 0 radical (unpaired) electrons. The summed E-state index contributed by atoms with van der Waals surface area (Å²) < 4.78 is 0. The average molecular weight is 435 g/mol. The third-order valence-electron chi connectivity index (χ3n) is 4.24. The number of nitrogens with one attached hydrogen (secondary N) is 2. The van der Waals surface area contributed by atoms with E-state index in [1.165, 1.54) is 0 Å². The number of aliphatic imine (C=N–C) groups is 1. The predicted octanol–water partition coefficient (Wildman–Crippen LogP) is -2.46. The summed E-state index contributed by atoms with van der Waals surface area (Å²) in [4.78, 5) is 51.6. The summed E-state index contributed by atoms with van der Waals surface area (Å²) in [5.41, 5.74) is 22.1. The van der Waals surface area contributed by atoms with Gasteiger partial charge in [0.1, 0.15) is 12.1 Å². The maximum absolute atomic E-state index is 12.6. The van der Waals surface area contributed by atoms with Crippen LogP contribution < -0.4 is 33.6 Å². The zero-order chi connectivity index (χ0) is 23.4. The number of hydrogen-bond acceptors (Lipinski definition) is 6.